The summed E-state index contributed by atoms with van der Waals surface area (Å²) in [6, 6.07) is 12.3. The van der Waals surface area contributed by atoms with Gasteiger partial charge in [-0.2, -0.15) is 0 Å². The van der Waals surface area contributed by atoms with E-state index in [1.54, 1.807) is 0 Å². The molecule has 1 unspecified atom stereocenters. The van der Waals surface area contributed by atoms with Crippen LogP contribution in [0, 0.1) is 18.8 Å². The van der Waals surface area contributed by atoms with E-state index in [9.17, 15) is 9.59 Å². The van der Waals surface area contributed by atoms with E-state index in [0.29, 0.717) is 24.9 Å². The molecule has 2 atom stereocenters. The van der Waals surface area contributed by atoms with Crippen molar-refractivity contribution >= 4 is 44.7 Å². The van der Waals surface area contributed by atoms with Crippen LogP contribution in [-0.4, -0.2) is 65.1 Å². The number of fused-ring (bicyclic) bond motifs is 1. The number of piperidine rings is 1. The Kier molecular flexibility index (Phi) is 9.62. The molecular weight excluding hydrogens is 618 g/mol. The van der Waals surface area contributed by atoms with E-state index in [4.69, 9.17) is 9.72 Å². The summed E-state index contributed by atoms with van der Waals surface area (Å²) in [4.78, 5) is 34.0. The van der Waals surface area contributed by atoms with Crippen LogP contribution < -0.4 is 15.0 Å². The van der Waals surface area contributed by atoms with E-state index in [-0.39, 0.29) is 17.7 Å². The highest BCUT2D eigenvalue weighted by molar-refractivity contribution is 9.10. The number of rotatable bonds is 9. The van der Waals surface area contributed by atoms with Gasteiger partial charge in [-0.1, -0.05) is 41.4 Å². The lowest BCUT2D eigenvalue weighted by atomic mass is 9.83. The number of hydrogen-bond donors (Lipinski definition) is 1. The Bertz CT molecular complexity index is 1490. The molecule has 2 aliphatic heterocycles. The van der Waals surface area contributed by atoms with E-state index in [0.717, 1.165) is 84.3 Å². The zero-order valence-corrected chi connectivity index (χ0v) is 27.9. The van der Waals surface area contributed by atoms with Gasteiger partial charge in [0, 0.05) is 56.2 Å². The predicted molar refractivity (Wildman–Crippen MR) is 178 cm³/mol. The fourth-order valence-corrected chi connectivity index (χ4v) is 7.67. The maximum atomic E-state index is 12.4. The van der Waals surface area contributed by atoms with Crippen molar-refractivity contribution in [2.45, 2.75) is 77.2 Å². The summed E-state index contributed by atoms with van der Waals surface area (Å²) in [5.41, 5.74) is 4.12. The molecule has 1 N–H and O–H groups in total. The number of aromatic nitrogens is 2. The minimum absolute atomic E-state index is 0.180. The van der Waals surface area contributed by atoms with Gasteiger partial charge >= 0.3 is 0 Å². The van der Waals surface area contributed by atoms with Crippen molar-refractivity contribution in [3.05, 3.63) is 52.0 Å². The van der Waals surface area contributed by atoms with Crippen LogP contribution in [0.5, 0.6) is 5.75 Å². The third-order valence-corrected chi connectivity index (χ3v) is 11.0. The molecule has 1 aromatic heterocycles. The normalized spacial score (nSPS) is 24.0. The molecule has 2 amide bonds. The summed E-state index contributed by atoms with van der Waals surface area (Å²) in [5, 5.41) is 2.48. The van der Waals surface area contributed by atoms with Gasteiger partial charge in [0.15, 0.2) is 0 Å². The number of amides is 2. The second-order valence-electron chi connectivity index (χ2n) is 13.3. The molecule has 2 saturated heterocycles. The van der Waals surface area contributed by atoms with Gasteiger partial charge in [0.05, 0.1) is 23.1 Å². The number of imidazole rings is 1. The van der Waals surface area contributed by atoms with Gasteiger partial charge in [0.25, 0.3) is 0 Å². The lowest BCUT2D eigenvalue weighted by molar-refractivity contribution is -0.134. The first-order valence-electron chi connectivity index (χ1n) is 16.4. The number of carbonyl (C=O) groups is 2. The van der Waals surface area contributed by atoms with Crippen LogP contribution in [0.15, 0.2) is 40.9 Å². The molecule has 0 bridgehead atoms. The molecule has 2 aromatic carbocycles. The molecular formula is C35H46BrN5O3. The smallest absolute Gasteiger partial charge is 0.234 e. The van der Waals surface area contributed by atoms with Crippen LogP contribution in [0.3, 0.4) is 0 Å². The Balaban J connectivity index is 0.943. The molecule has 1 saturated carbocycles. The first kappa shape index (κ1) is 31.1. The Labute approximate surface area is 269 Å². The van der Waals surface area contributed by atoms with E-state index in [1.807, 2.05) is 12.1 Å². The molecule has 3 aliphatic rings. The predicted octanol–water partition coefficient (Wildman–Crippen LogP) is 6.34. The second kappa shape index (κ2) is 13.6. The number of nitrogens with one attached hydrogen (secondary N) is 1. The number of benzene rings is 2. The molecule has 9 heteroatoms. The second-order valence-corrected chi connectivity index (χ2v) is 14.2. The summed E-state index contributed by atoms with van der Waals surface area (Å²) in [5.74, 6) is 2.87. The number of halogens is 1. The molecule has 3 heterocycles. The highest BCUT2D eigenvalue weighted by Gasteiger charge is 2.29. The van der Waals surface area contributed by atoms with E-state index in [1.165, 1.54) is 31.2 Å². The van der Waals surface area contributed by atoms with Crippen LogP contribution in [0.25, 0.3) is 11.0 Å². The number of piperazine rings is 1. The molecule has 0 radical (unpaired) electrons. The minimum atomic E-state index is -0.281. The fraction of sp³-hybridized carbons (Fsp3) is 0.571. The molecule has 1 aliphatic carbocycles. The van der Waals surface area contributed by atoms with Crippen LogP contribution in [-0.2, 0) is 16.6 Å². The zero-order chi connectivity index (χ0) is 30.8. The SMILES string of the molecule is Cc1c(Br)cccc1OC1CCC(CC[C@@H](C)CN2CCN(c3nc4ccc(C5CCC(=O)NC5=O)cc4n3C)CC2)CC1. The largest absolute Gasteiger partial charge is 0.490 e. The van der Waals surface area contributed by atoms with Crippen molar-refractivity contribution < 1.29 is 14.3 Å². The standard InChI is InChI=1S/C35H46BrN5O3/c1-23(7-8-25-9-12-27(13-10-25)44-32-6-4-5-29(36)24(32)2)22-40-17-19-41(20-18-40)35-37-30-15-11-26(21-31(30)39(35)3)28-14-16-33(42)38-34(28)43/h4-6,11,15,21,23,25,27-28H,7-10,12-14,16-20,22H2,1-3H3,(H,38,42,43)/t23-,25?,27?,28?/m1/s1. The Morgan fingerprint density at radius 1 is 1.05 bits per heavy atom. The topological polar surface area (TPSA) is 79.7 Å². The highest BCUT2D eigenvalue weighted by atomic mass is 79.9. The Morgan fingerprint density at radius 2 is 1.82 bits per heavy atom. The van der Waals surface area contributed by atoms with Gasteiger partial charge in [-0.25, -0.2) is 4.98 Å². The molecule has 0 spiro atoms. The van der Waals surface area contributed by atoms with Gasteiger partial charge in [0.1, 0.15) is 5.75 Å². The van der Waals surface area contributed by atoms with E-state index < -0.39 is 0 Å². The Hall–Kier alpha value is -2.91. The van der Waals surface area contributed by atoms with Crippen LogP contribution in [0.1, 0.15) is 75.3 Å². The number of ether oxygens (including phenoxy) is 1. The van der Waals surface area contributed by atoms with Crippen molar-refractivity contribution in [2.24, 2.45) is 18.9 Å². The number of aryl methyl sites for hydroxylation is 1. The van der Waals surface area contributed by atoms with Crippen molar-refractivity contribution in [1.82, 2.24) is 19.8 Å². The lowest BCUT2D eigenvalue weighted by Gasteiger charge is -2.36. The average molecular weight is 665 g/mol. The highest BCUT2D eigenvalue weighted by Crippen LogP contribution is 2.34. The number of hydrogen-bond acceptors (Lipinski definition) is 6. The van der Waals surface area contributed by atoms with Crippen LogP contribution in [0.2, 0.25) is 0 Å². The summed E-state index contributed by atoms with van der Waals surface area (Å²) in [6.07, 6.45) is 8.78. The van der Waals surface area contributed by atoms with E-state index >= 15 is 0 Å². The van der Waals surface area contributed by atoms with E-state index in [2.05, 4.69) is 80.8 Å². The number of imide groups is 1. The molecule has 3 fully saturated rings. The number of anilines is 1. The van der Waals surface area contributed by atoms with Gasteiger partial charge in [-0.05, 0) is 87.1 Å². The molecule has 6 rings (SSSR count). The zero-order valence-electron chi connectivity index (χ0n) is 26.4. The monoisotopic (exact) mass is 663 g/mol. The first-order valence-corrected chi connectivity index (χ1v) is 17.2. The number of nitrogens with zero attached hydrogens (tertiary/aromatic N) is 4. The maximum Gasteiger partial charge on any atom is 0.234 e. The van der Waals surface area contributed by atoms with Crippen LogP contribution >= 0.6 is 15.9 Å². The average Bonchev–Trinajstić information content (AvgIpc) is 3.35. The lowest BCUT2D eigenvalue weighted by Crippen LogP contribution is -2.48. The summed E-state index contributed by atoms with van der Waals surface area (Å²) in [6.45, 7) is 9.72. The molecule has 44 heavy (non-hydrogen) atoms. The van der Waals surface area contributed by atoms with Gasteiger partial charge < -0.3 is 14.2 Å². The minimum Gasteiger partial charge on any atom is -0.490 e. The van der Waals surface area contributed by atoms with Crippen molar-refractivity contribution in [1.29, 1.82) is 0 Å². The van der Waals surface area contributed by atoms with Gasteiger partial charge in [-0.3, -0.25) is 19.8 Å². The molecule has 8 nitrogen and oxygen atoms in total. The maximum absolute atomic E-state index is 12.4. The third-order valence-electron chi connectivity index (χ3n) is 10.1. The van der Waals surface area contributed by atoms with Crippen molar-refractivity contribution in [3.8, 4) is 5.75 Å². The number of carbonyl (C=O) groups excluding carboxylic acids is 2. The summed E-state index contributed by atoms with van der Waals surface area (Å²) in [7, 11) is 2.06. The van der Waals surface area contributed by atoms with Crippen molar-refractivity contribution in [2.75, 3.05) is 37.6 Å². The molecule has 236 valence electrons. The van der Waals surface area contributed by atoms with Crippen molar-refractivity contribution in [3.63, 3.8) is 0 Å². The fourth-order valence-electron chi connectivity index (χ4n) is 7.32. The Morgan fingerprint density at radius 3 is 2.57 bits per heavy atom. The van der Waals surface area contributed by atoms with Gasteiger partial charge in [0.2, 0.25) is 17.8 Å². The summed E-state index contributed by atoms with van der Waals surface area (Å²) < 4.78 is 9.64. The van der Waals surface area contributed by atoms with Gasteiger partial charge in [-0.15, -0.1) is 0 Å². The quantitative estimate of drug-likeness (QED) is 0.269. The summed E-state index contributed by atoms with van der Waals surface area (Å²) >= 11 is 3.62. The molecule has 3 aromatic rings. The third kappa shape index (κ3) is 6.99. The van der Waals surface area contributed by atoms with Crippen LogP contribution in [0.4, 0.5) is 5.95 Å². The first-order chi connectivity index (χ1) is 21.2.